The summed E-state index contributed by atoms with van der Waals surface area (Å²) in [5, 5.41) is 12.4. The number of benzene rings is 3. The topological polar surface area (TPSA) is 105 Å². The molecule has 0 saturated heterocycles. The number of carbonyl (C=O) groups is 1. The zero-order valence-corrected chi connectivity index (χ0v) is 22.5. The quantitative estimate of drug-likeness (QED) is 0.181. The van der Waals surface area contributed by atoms with Crippen LogP contribution < -0.4 is 16.0 Å². The molecule has 0 unspecified atom stereocenters. The van der Waals surface area contributed by atoms with Gasteiger partial charge < -0.3 is 15.1 Å². The van der Waals surface area contributed by atoms with Crippen molar-refractivity contribution in [1.82, 2.24) is 15.0 Å². The maximum Gasteiger partial charge on any atom is 0.325 e. The molecule has 0 spiro atoms. The number of nitrogens with zero attached hydrogens (tertiary/aromatic N) is 3. The van der Waals surface area contributed by atoms with E-state index in [1.165, 1.54) is 17.7 Å². The highest BCUT2D eigenvalue weighted by molar-refractivity contribution is 7.13. The van der Waals surface area contributed by atoms with Crippen LogP contribution >= 0.6 is 11.3 Å². The number of hydrogen-bond acceptors (Lipinski definition) is 7. The average molecular weight is 547 g/mol. The van der Waals surface area contributed by atoms with Gasteiger partial charge in [-0.3, -0.25) is 5.32 Å². The molecule has 6 aromatic rings. The largest absolute Gasteiger partial charge is 0.437 e. The molecule has 0 aliphatic heterocycles. The number of amides is 2. The molecule has 3 aromatic carbocycles. The van der Waals surface area contributed by atoms with E-state index in [1.54, 1.807) is 0 Å². The highest BCUT2D eigenvalue weighted by Crippen LogP contribution is 2.42. The molecule has 0 atom stereocenters. The van der Waals surface area contributed by atoms with Crippen molar-refractivity contribution in [2.24, 2.45) is 0 Å². The van der Waals surface area contributed by atoms with Crippen LogP contribution in [0.3, 0.4) is 0 Å². The van der Waals surface area contributed by atoms with Gasteiger partial charge in [-0.2, -0.15) is 0 Å². The number of thiazole rings is 1. The molecule has 9 heteroatoms. The number of nitrogens with one attached hydrogen (secondary N) is 3. The van der Waals surface area contributed by atoms with Crippen LogP contribution in [0.15, 0.2) is 101 Å². The maximum absolute atomic E-state index is 12.2. The van der Waals surface area contributed by atoms with Crippen molar-refractivity contribution in [3.8, 4) is 22.5 Å². The Morgan fingerprint density at radius 3 is 2.30 bits per heavy atom. The second-order valence-electron chi connectivity index (χ2n) is 9.19. The van der Waals surface area contributed by atoms with Crippen LogP contribution in [0.5, 0.6) is 0 Å². The lowest BCUT2D eigenvalue weighted by Crippen LogP contribution is -2.19. The molecule has 3 heterocycles. The van der Waals surface area contributed by atoms with Crippen LogP contribution in [0.2, 0.25) is 0 Å². The van der Waals surface area contributed by atoms with Crippen molar-refractivity contribution in [1.29, 1.82) is 0 Å². The van der Waals surface area contributed by atoms with Gasteiger partial charge in [0.2, 0.25) is 5.71 Å². The van der Waals surface area contributed by atoms with Crippen LogP contribution in [0.4, 0.5) is 21.4 Å². The molecule has 198 valence electrons. The molecule has 0 aliphatic rings. The number of anilines is 3. The number of furan rings is 1. The van der Waals surface area contributed by atoms with Crippen LogP contribution in [-0.2, 0) is 6.42 Å². The van der Waals surface area contributed by atoms with E-state index in [-0.39, 0.29) is 6.03 Å². The number of rotatable bonds is 8. The Hall–Kier alpha value is -5.02. The summed E-state index contributed by atoms with van der Waals surface area (Å²) in [4.78, 5) is 25.5. The average Bonchev–Trinajstić information content (AvgIpc) is 3.58. The zero-order chi connectivity index (χ0) is 27.3. The Morgan fingerprint density at radius 1 is 0.875 bits per heavy atom. The lowest BCUT2D eigenvalue weighted by Gasteiger charge is -2.10. The summed E-state index contributed by atoms with van der Waals surface area (Å²) in [6.45, 7) is 2.54. The fourth-order valence-corrected chi connectivity index (χ4v) is 5.17. The molecule has 40 heavy (non-hydrogen) atoms. The first-order valence-electron chi connectivity index (χ1n) is 12.9. The Labute approximate surface area is 235 Å². The number of aromatic nitrogens is 3. The Balaban J connectivity index is 1.18. The Morgan fingerprint density at radius 2 is 1.60 bits per heavy atom. The summed E-state index contributed by atoms with van der Waals surface area (Å²) in [6, 6.07) is 27.7. The van der Waals surface area contributed by atoms with Gasteiger partial charge in [0.15, 0.2) is 5.13 Å². The minimum Gasteiger partial charge on any atom is -0.437 e. The first-order chi connectivity index (χ1) is 19.6. The lowest BCUT2D eigenvalue weighted by atomic mass is 9.99. The monoisotopic (exact) mass is 546 g/mol. The third kappa shape index (κ3) is 5.55. The van der Waals surface area contributed by atoms with Crippen molar-refractivity contribution in [2.45, 2.75) is 13.3 Å². The summed E-state index contributed by atoms with van der Waals surface area (Å²) in [7, 11) is 0. The van der Waals surface area contributed by atoms with Gasteiger partial charge in [-0.05, 0) is 36.6 Å². The Kier molecular flexibility index (Phi) is 7.19. The number of hydrogen-bond donors (Lipinski definition) is 3. The van der Waals surface area contributed by atoms with Crippen molar-refractivity contribution in [3.05, 3.63) is 108 Å². The third-order valence-corrected chi connectivity index (χ3v) is 7.22. The van der Waals surface area contributed by atoms with Gasteiger partial charge >= 0.3 is 6.03 Å². The first kappa shape index (κ1) is 25.3. The molecule has 0 bridgehead atoms. The van der Waals surface area contributed by atoms with Crippen LogP contribution in [0, 0.1) is 6.92 Å². The minimum absolute atomic E-state index is 0.319. The highest BCUT2D eigenvalue weighted by Gasteiger charge is 2.21. The fourth-order valence-electron chi connectivity index (χ4n) is 4.49. The molecule has 3 N–H and O–H groups in total. The highest BCUT2D eigenvalue weighted by atomic mass is 32.1. The normalized spacial score (nSPS) is 10.9. The fraction of sp³-hybridized carbons (Fsp3) is 0.0968. The summed E-state index contributed by atoms with van der Waals surface area (Å²) >= 11 is 1.39. The number of aryl methyl sites for hydroxylation is 1. The number of urea groups is 1. The summed E-state index contributed by atoms with van der Waals surface area (Å²) in [5.41, 5.74) is 6.23. The minimum atomic E-state index is -0.319. The molecule has 0 fully saturated rings. The van der Waals surface area contributed by atoms with E-state index in [2.05, 4.69) is 43.0 Å². The molecular weight excluding hydrogens is 520 g/mol. The Bertz CT molecular complexity index is 1750. The smallest absolute Gasteiger partial charge is 0.325 e. The third-order valence-electron chi connectivity index (χ3n) is 6.34. The van der Waals surface area contributed by atoms with Gasteiger partial charge in [-0.1, -0.05) is 72.8 Å². The summed E-state index contributed by atoms with van der Waals surface area (Å²) in [6.07, 6.45) is 2.29. The van der Waals surface area contributed by atoms with E-state index in [4.69, 9.17) is 4.42 Å². The van der Waals surface area contributed by atoms with E-state index in [9.17, 15) is 4.79 Å². The summed E-state index contributed by atoms with van der Waals surface area (Å²) < 4.78 is 6.29. The molecule has 2 amide bonds. The lowest BCUT2D eigenvalue weighted by molar-refractivity contribution is 0.262. The predicted octanol–water partition coefficient (Wildman–Crippen LogP) is 7.62. The number of fused-ring (bicyclic) bond motifs is 1. The van der Waals surface area contributed by atoms with Gasteiger partial charge in [0.1, 0.15) is 17.9 Å². The van der Waals surface area contributed by atoms with E-state index in [0.717, 1.165) is 51.3 Å². The standard InChI is InChI=1S/C31H26N6O2S/c1-20-18-40-31(35-20)37-30(38)36-24-14-12-21(13-15-24)16-17-32-28-26-25(22-8-4-2-5-9-22)27(23-10-6-3-7-11-23)39-29(26)34-19-33-28/h2-15,18-19H,16-17H2,1H3,(H,32,33,34)(H2,35,36,37,38). The molecule has 8 nitrogen and oxygen atoms in total. The van der Waals surface area contributed by atoms with Crippen molar-refractivity contribution < 1.29 is 9.21 Å². The predicted molar refractivity (Wildman–Crippen MR) is 161 cm³/mol. The molecular formula is C31H26N6O2S. The molecule has 6 rings (SSSR count). The SMILES string of the molecule is Cc1csc(NC(=O)Nc2ccc(CCNc3ncnc4oc(-c5ccccc5)c(-c5ccccc5)c34)cc2)n1. The van der Waals surface area contributed by atoms with Crippen LogP contribution in [0.1, 0.15) is 11.3 Å². The number of carbonyl (C=O) groups excluding carboxylic acids is 1. The van der Waals surface area contributed by atoms with Gasteiger partial charge in [0, 0.05) is 28.7 Å². The zero-order valence-electron chi connectivity index (χ0n) is 21.7. The van der Waals surface area contributed by atoms with Crippen molar-refractivity contribution >= 4 is 45.1 Å². The first-order valence-corrected chi connectivity index (χ1v) is 13.7. The molecule has 0 saturated carbocycles. The second kappa shape index (κ2) is 11.4. The van der Waals surface area contributed by atoms with Crippen LogP contribution in [0.25, 0.3) is 33.6 Å². The van der Waals surface area contributed by atoms with Crippen molar-refractivity contribution in [2.75, 3.05) is 22.5 Å². The van der Waals surface area contributed by atoms with Gasteiger partial charge in [0.05, 0.1) is 11.1 Å². The molecule has 0 aliphatic carbocycles. The van der Waals surface area contributed by atoms with Gasteiger partial charge in [0.25, 0.3) is 0 Å². The molecule has 3 aromatic heterocycles. The maximum atomic E-state index is 12.2. The van der Waals surface area contributed by atoms with Gasteiger partial charge in [-0.15, -0.1) is 11.3 Å². The van der Waals surface area contributed by atoms with Crippen molar-refractivity contribution in [3.63, 3.8) is 0 Å². The van der Waals surface area contributed by atoms with Crippen LogP contribution in [-0.4, -0.2) is 27.5 Å². The van der Waals surface area contributed by atoms with E-state index in [0.29, 0.717) is 23.1 Å². The van der Waals surface area contributed by atoms with E-state index in [1.807, 2.05) is 85.1 Å². The van der Waals surface area contributed by atoms with E-state index < -0.39 is 0 Å². The second-order valence-corrected chi connectivity index (χ2v) is 10.0. The summed E-state index contributed by atoms with van der Waals surface area (Å²) in [5.74, 6) is 1.49. The van der Waals surface area contributed by atoms with Gasteiger partial charge in [-0.25, -0.2) is 19.7 Å². The van der Waals surface area contributed by atoms with E-state index >= 15 is 0 Å². The molecule has 0 radical (unpaired) electrons.